The first-order chi connectivity index (χ1) is 14.4. The van der Waals surface area contributed by atoms with Crippen LogP contribution in [0.4, 0.5) is 5.00 Å². The van der Waals surface area contributed by atoms with Crippen molar-refractivity contribution in [1.82, 2.24) is 4.90 Å². The molecule has 3 N–H and O–H groups in total. The van der Waals surface area contributed by atoms with Gasteiger partial charge in [0.15, 0.2) is 0 Å². The summed E-state index contributed by atoms with van der Waals surface area (Å²) in [5.74, 6) is -1.16. The van der Waals surface area contributed by atoms with E-state index in [0.717, 1.165) is 0 Å². The van der Waals surface area contributed by atoms with E-state index in [-0.39, 0.29) is 30.9 Å². The number of thiophene rings is 1. The maximum atomic E-state index is 12.6. The third kappa shape index (κ3) is 5.19. The van der Waals surface area contributed by atoms with Crippen molar-refractivity contribution < 1.29 is 19.1 Å². The SMILES string of the molecule is CCOC(=O)c1c(-c2ccccc2Cl)csc1NC(=O)CN1CCC(C(N)=O)CC1. The molecule has 1 aromatic heterocycles. The third-order valence-corrected chi connectivity index (χ3v) is 6.27. The van der Waals surface area contributed by atoms with Gasteiger partial charge in [-0.2, -0.15) is 0 Å². The molecule has 1 aliphatic rings. The number of halogens is 1. The first kappa shape index (κ1) is 22.3. The number of piperidine rings is 1. The number of nitrogens with one attached hydrogen (secondary N) is 1. The number of hydrogen-bond acceptors (Lipinski definition) is 6. The van der Waals surface area contributed by atoms with E-state index in [1.54, 1.807) is 18.4 Å². The topological polar surface area (TPSA) is 102 Å². The van der Waals surface area contributed by atoms with E-state index in [4.69, 9.17) is 22.1 Å². The second-order valence-corrected chi connectivity index (χ2v) is 8.34. The Labute approximate surface area is 184 Å². The Balaban J connectivity index is 1.75. The highest BCUT2D eigenvalue weighted by atomic mass is 35.5. The third-order valence-electron chi connectivity index (χ3n) is 5.04. The molecule has 1 saturated heterocycles. The van der Waals surface area contributed by atoms with E-state index in [0.29, 0.717) is 52.6 Å². The van der Waals surface area contributed by atoms with Crippen molar-refractivity contribution in [3.63, 3.8) is 0 Å². The van der Waals surface area contributed by atoms with Gasteiger partial charge in [-0.1, -0.05) is 29.8 Å². The maximum Gasteiger partial charge on any atom is 0.341 e. The molecule has 2 heterocycles. The van der Waals surface area contributed by atoms with E-state index in [2.05, 4.69) is 5.32 Å². The molecule has 0 radical (unpaired) electrons. The molecule has 1 aliphatic heterocycles. The predicted molar refractivity (Wildman–Crippen MR) is 118 cm³/mol. The van der Waals surface area contributed by atoms with Gasteiger partial charge in [-0.25, -0.2) is 4.79 Å². The van der Waals surface area contributed by atoms with Crippen molar-refractivity contribution in [2.45, 2.75) is 19.8 Å². The van der Waals surface area contributed by atoms with E-state index < -0.39 is 5.97 Å². The first-order valence-corrected chi connectivity index (χ1v) is 11.0. The highest BCUT2D eigenvalue weighted by Gasteiger charge is 2.26. The standard InChI is InChI=1S/C21H24ClN3O4S/c1-2-29-21(28)18-15(14-5-3-4-6-16(14)22)12-30-20(18)24-17(26)11-25-9-7-13(8-10-25)19(23)27/h3-6,12-13H,2,7-11H2,1H3,(H2,23,27)(H,24,26). The van der Waals surface area contributed by atoms with E-state index >= 15 is 0 Å². The van der Waals surface area contributed by atoms with Crippen LogP contribution < -0.4 is 11.1 Å². The summed E-state index contributed by atoms with van der Waals surface area (Å²) in [6.45, 7) is 3.38. The van der Waals surface area contributed by atoms with Crippen molar-refractivity contribution >= 4 is 45.7 Å². The highest BCUT2D eigenvalue weighted by Crippen LogP contribution is 2.39. The van der Waals surface area contributed by atoms with Gasteiger partial charge in [0.25, 0.3) is 0 Å². The maximum absolute atomic E-state index is 12.6. The first-order valence-electron chi connectivity index (χ1n) is 9.75. The predicted octanol–water partition coefficient (Wildman–Crippen LogP) is 3.38. The summed E-state index contributed by atoms with van der Waals surface area (Å²) in [5.41, 5.74) is 6.99. The van der Waals surface area contributed by atoms with Gasteiger partial charge in [0.2, 0.25) is 11.8 Å². The van der Waals surface area contributed by atoms with Crippen LogP contribution in [-0.2, 0) is 14.3 Å². The Morgan fingerprint density at radius 2 is 1.93 bits per heavy atom. The molecule has 1 aromatic carbocycles. The van der Waals surface area contributed by atoms with Crippen LogP contribution in [0.25, 0.3) is 11.1 Å². The van der Waals surface area contributed by atoms with Gasteiger partial charge in [0.05, 0.1) is 13.2 Å². The quantitative estimate of drug-likeness (QED) is 0.631. The number of likely N-dealkylation sites (tertiary alicyclic amines) is 1. The van der Waals surface area contributed by atoms with Crippen molar-refractivity contribution in [3.8, 4) is 11.1 Å². The van der Waals surface area contributed by atoms with Gasteiger partial charge < -0.3 is 15.8 Å². The van der Waals surface area contributed by atoms with Gasteiger partial charge in [-0.3, -0.25) is 14.5 Å². The average molecular weight is 450 g/mol. The van der Waals surface area contributed by atoms with Crippen LogP contribution in [0.5, 0.6) is 0 Å². The second kappa shape index (κ2) is 10.1. The number of benzene rings is 1. The van der Waals surface area contributed by atoms with Crippen LogP contribution in [0.3, 0.4) is 0 Å². The second-order valence-electron chi connectivity index (χ2n) is 7.05. The summed E-state index contributed by atoms with van der Waals surface area (Å²) in [6, 6.07) is 7.22. The Hall–Kier alpha value is -2.42. The molecule has 0 atom stereocenters. The highest BCUT2D eigenvalue weighted by molar-refractivity contribution is 7.15. The number of carbonyl (C=O) groups excluding carboxylic acids is 3. The summed E-state index contributed by atoms with van der Waals surface area (Å²) in [5, 5.41) is 5.58. The minimum atomic E-state index is -0.508. The Kier molecular flexibility index (Phi) is 7.47. The molecule has 160 valence electrons. The van der Waals surface area contributed by atoms with E-state index in [9.17, 15) is 14.4 Å². The minimum absolute atomic E-state index is 0.129. The number of anilines is 1. The fraction of sp³-hybridized carbons (Fsp3) is 0.381. The summed E-state index contributed by atoms with van der Waals surface area (Å²) < 4.78 is 5.21. The lowest BCUT2D eigenvalue weighted by Crippen LogP contribution is -2.42. The molecule has 1 fully saturated rings. The number of nitrogens with two attached hydrogens (primary N) is 1. The molecule has 0 spiro atoms. The number of carbonyl (C=O) groups is 3. The van der Waals surface area contributed by atoms with Crippen molar-refractivity contribution in [3.05, 3.63) is 40.2 Å². The molecular weight excluding hydrogens is 426 g/mol. The van der Waals surface area contributed by atoms with Crippen molar-refractivity contribution in [2.75, 3.05) is 31.6 Å². The van der Waals surface area contributed by atoms with Crippen LogP contribution in [0.15, 0.2) is 29.6 Å². The molecule has 0 bridgehead atoms. The molecular formula is C21H24ClN3O4S. The summed E-state index contributed by atoms with van der Waals surface area (Å²) in [7, 11) is 0. The van der Waals surface area contributed by atoms with Gasteiger partial charge in [-0.15, -0.1) is 11.3 Å². The number of ether oxygens (including phenoxy) is 1. The van der Waals surface area contributed by atoms with Crippen LogP contribution in [-0.4, -0.2) is 48.9 Å². The van der Waals surface area contributed by atoms with Crippen molar-refractivity contribution in [1.29, 1.82) is 0 Å². The number of nitrogens with zero attached hydrogens (tertiary/aromatic N) is 1. The Morgan fingerprint density at radius 3 is 2.57 bits per heavy atom. The van der Waals surface area contributed by atoms with Crippen LogP contribution in [0, 0.1) is 5.92 Å². The minimum Gasteiger partial charge on any atom is -0.462 e. The lowest BCUT2D eigenvalue weighted by atomic mass is 9.96. The van der Waals surface area contributed by atoms with Gasteiger partial charge in [0, 0.05) is 27.4 Å². The van der Waals surface area contributed by atoms with Crippen LogP contribution in [0.2, 0.25) is 5.02 Å². The molecule has 2 aromatic rings. The molecule has 0 aliphatic carbocycles. The summed E-state index contributed by atoms with van der Waals surface area (Å²) in [4.78, 5) is 38.5. The largest absolute Gasteiger partial charge is 0.462 e. The van der Waals surface area contributed by atoms with Gasteiger partial charge in [0.1, 0.15) is 10.6 Å². The molecule has 2 amide bonds. The lowest BCUT2D eigenvalue weighted by Gasteiger charge is -2.29. The smallest absolute Gasteiger partial charge is 0.341 e. The Morgan fingerprint density at radius 1 is 1.23 bits per heavy atom. The van der Waals surface area contributed by atoms with Gasteiger partial charge in [-0.05, 0) is 38.9 Å². The number of esters is 1. The number of primary amides is 1. The number of rotatable bonds is 7. The number of amides is 2. The fourth-order valence-electron chi connectivity index (χ4n) is 3.48. The lowest BCUT2D eigenvalue weighted by molar-refractivity contribution is -0.123. The summed E-state index contributed by atoms with van der Waals surface area (Å²) >= 11 is 7.57. The molecule has 0 saturated carbocycles. The van der Waals surface area contributed by atoms with Crippen LogP contribution >= 0.6 is 22.9 Å². The molecule has 9 heteroatoms. The zero-order valence-electron chi connectivity index (χ0n) is 16.7. The molecule has 30 heavy (non-hydrogen) atoms. The fourth-order valence-corrected chi connectivity index (χ4v) is 4.68. The Bertz CT molecular complexity index is 938. The van der Waals surface area contributed by atoms with Crippen LogP contribution in [0.1, 0.15) is 30.1 Å². The van der Waals surface area contributed by atoms with E-state index in [1.807, 2.05) is 23.1 Å². The molecule has 3 rings (SSSR count). The molecule has 0 unspecified atom stereocenters. The van der Waals surface area contributed by atoms with Gasteiger partial charge >= 0.3 is 5.97 Å². The molecule has 7 nitrogen and oxygen atoms in total. The monoisotopic (exact) mass is 449 g/mol. The average Bonchev–Trinajstić information content (AvgIpc) is 3.12. The summed E-state index contributed by atoms with van der Waals surface area (Å²) in [6.07, 6.45) is 1.29. The normalized spacial score (nSPS) is 15.0. The number of hydrogen-bond donors (Lipinski definition) is 2. The zero-order valence-corrected chi connectivity index (χ0v) is 18.2. The van der Waals surface area contributed by atoms with Crippen molar-refractivity contribution in [2.24, 2.45) is 11.7 Å². The van der Waals surface area contributed by atoms with E-state index in [1.165, 1.54) is 11.3 Å². The zero-order chi connectivity index (χ0) is 21.7.